The Kier molecular flexibility index (Phi) is 14.0. The van der Waals surface area contributed by atoms with Crippen molar-refractivity contribution in [2.75, 3.05) is 32.2 Å². The lowest BCUT2D eigenvalue weighted by Gasteiger charge is -2.58. The molecule has 0 radical (unpaired) electrons. The third kappa shape index (κ3) is 9.13. The summed E-state index contributed by atoms with van der Waals surface area (Å²) in [6.07, 6.45) is 16.0. The number of nitrogens with zero attached hydrogens (tertiary/aromatic N) is 4. The van der Waals surface area contributed by atoms with E-state index in [0.717, 1.165) is 96.1 Å². The quantitative estimate of drug-likeness (QED) is 0.0687. The Bertz CT molecular complexity index is 1710. The van der Waals surface area contributed by atoms with E-state index in [1.54, 1.807) is 18.5 Å². The summed E-state index contributed by atoms with van der Waals surface area (Å²) in [5.74, 6) is 1.56. The molecule has 0 amide bonds. The highest BCUT2D eigenvalue weighted by atomic mass is 32.2. The van der Waals surface area contributed by atoms with E-state index < -0.39 is 5.79 Å². The molecule has 1 aromatic carbocycles. The monoisotopic (exact) mass is 742 g/mol. The highest BCUT2D eigenvalue weighted by Gasteiger charge is 2.63. The number of thioether (sulfide) groups is 1. The predicted octanol–water partition coefficient (Wildman–Crippen LogP) is 7.39. The topological polar surface area (TPSA) is 128 Å². The number of pyridine rings is 1. The Morgan fingerprint density at radius 1 is 1.08 bits per heavy atom. The minimum Gasteiger partial charge on any atom is -0.487 e. The van der Waals surface area contributed by atoms with Crippen LogP contribution in [0.25, 0.3) is 0 Å². The molecule has 284 valence electrons. The van der Waals surface area contributed by atoms with E-state index in [2.05, 4.69) is 33.7 Å². The van der Waals surface area contributed by atoms with Crippen LogP contribution in [0.1, 0.15) is 80.4 Å². The van der Waals surface area contributed by atoms with Crippen molar-refractivity contribution >= 4 is 17.5 Å². The maximum atomic E-state index is 9.87. The van der Waals surface area contributed by atoms with E-state index in [1.807, 2.05) is 62.1 Å². The summed E-state index contributed by atoms with van der Waals surface area (Å²) in [6, 6.07) is 12.1. The standard InChI is InChI=1S/C42H54N4O6S/c1-4-22-50-42-39(53-23-17-31-27-43-18-19-44-31)26-37(46-51-5-2)35-24-30(12-6-8-20-47)34(14-7-9-21-48)40(41(35)42)36-25-33(15-16-38(36)52-42)49-28-32-13-10-11-29(3)45-32/h4,10-11,13,15-16,18-19,24-25,27,30,34,39-41,47-48H,1,5-9,12,14,17,20-23,26,28H2,2-3H3/t30-,34+,39-,40+,41+,42+/m0/s1. The molecule has 3 aliphatic rings. The average Bonchev–Trinajstić information content (AvgIpc) is 3.18. The number of rotatable bonds is 20. The van der Waals surface area contributed by atoms with E-state index >= 15 is 0 Å². The third-order valence-corrected chi connectivity index (χ3v) is 11.9. The number of benzene rings is 1. The molecule has 1 saturated carbocycles. The molecule has 6 rings (SSSR count). The van der Waals surface area contributed by atoms with Crippen LogP contribution in [-0.2, 0) is 22.6 Å². The molecule has 2 aromatic heterocycles. The number of aliphatic hydroxyl groups excluding tert-OH is 2. The number of ether oxygens (including phenoxy) is 3. The molecule has 2 N–H and O–H groups in total. The molecule has 3 aromatic rings. The van der Waals surface area contributed by atoms with Crippen molar-refractivity contribution in [1.29, 1.82) is 0 Å². The molecule has 0 unspecified atom stereocenters. The fourth-order valence-corrected chi connectivity index (χ4v) is 9.69. The highest BCUT2D eigenvalue weighted by Crippen LogP contribution is 2.62. The normalized spacial score (nSPS) is 25.2. The number of aromatic nitrogens is 3. The second kappa shape index (κ2) is 19.0. The summed E-state index contributed by atoms with van der Waals surface area (Å²) >= 11 is 1.82. The van der Waals surface area contributed by atoms with Gasteiger partial charge in [-0.2, -0.15) is 11.8 Å². The average molecular weight is 743 g/mol. The van der Waals surface area contributed by atoms with Gasteiger partial charge in [0.15, 0.2) is 0 Å². The zero-order valence-corrected chi connectivity index (χ0v) is 31.9. The number of unbranched alkanes of at least 4 members (excludes halogenated alkanes) is 2. The fraction of sp³-hybridized carbons (Fsp3) is 0.524. The van der Waals surface area contributed by atoms with Gasteiger partial charge in [-0.3, -0.25) is 15.0 Å². The number of aliphatic hydroxyl groups is 2. The molecule has 0 spiro atoms. The maximum absolute atomic E-state index is 9.87. The molecule has 2 aliphatic carbocycles. The van der Waals surface area contributed by atoms with Crippen LogP contribution in [0.3, 0.4) is 0 Å². The van der Waals surface area contributed by atoms with Crippen LogP contribution in [0.15, 0.2) is 84.4 Å². The Labute approximate surface area is 318 Å². The zero-order chi connectivity index (χ0) is 37.0. The Morgan fingerprint density at radius 3 is 2.68 bits per heavy atom. The first-order valence-electron chi connectivity index (χ1n) is 19.1. The molecule has 3 heterocycles. The molecule has 1 fully saturated rings. The maximum Gasteiger partial charge on any atom is 0.230 e. The van der Waals surface area contributed by atoms with Gasteiger partial charge >= 0.3 is 0 Å². The Balaban J connectivity index is 1.47. The Hall–Kier alpha value is -3.77. The van der Waals surface area contributed by atoms with Crippen LogP contribution in [0.2, 0.25) is 0 Å². The van der Waals surface area contributed by atoms with Crippen LogP contribution < -0.4 is 9.47 Å². The molecule has 53 heavy (non-hydrogen) atoms. The number of fused-ring (bicyclic) bond motifs is 2. The number of allylic oxidation sites excluding steroid dienone is 1. The zero-order valence-electron chi connectivity index (χ0n) is 31.1. The molecule has 1 aliphatic heterocycles. The van der Waals surface area contributed by atoms with Crippen molar-refractivity contribution in [2.24, 2.45) is 22.9 Å². The lowest BCUT2D eigenvalue weighted by atomic mass is 9.56. The molecular weight excluding hydrogens is 689 g/mol. The van der Waals surface area contributed by atoms with Gasteiger partial charge in [-0.1, -0.05) is 36.2 Å². The van der Waals surface area contributed by atoms with Crippen molar-refractivity contribution < 1.29 is 29.3 Å². The first kappa shape index (κ1) is 38.9. The SMILES string of the molecule is C=CCO[C@@]12Oc3ccc(OCc4cccc(C)n4)cc3[C@H]3[C@H](CCCCO)[C@@H](CCCCO)C=C(C(=NOCC)C[C@@H]1SCCc1cnccn1)[C@H]32. The van der Waals surface area contributed by atoms with Gasteiger partial charge in [0.2, 0.25) is 5.79 Å². The fourth-order valence-electron chi connectivity index (χ4n) is 8.31. The summed E-state index contributed by atoms with van der Waals surface area (Å²) in [7, 11) is 0. The molecule has 0 saturated heterocycles. The van der Waals surface area contributed by atoms with Crippen LogP contribution >= 0.6 is 11.8 Å². The Morgan fingerprint density at radius 2 is 1.92 bits per heavy atom. The smallest absolute Gasteiger partial charge is 0.230 e. The van der Waals surface area contributed by atoms with Gasteiger partial charge < -0.3 is 29.3 Å². The molecule has 10 nitrogen and oxygen atoms in total. The van der Waals surface area contributed by atoms with Crippen molar-refractivity contribution in [3.05, 3.63) is 102 Å². The lowest BCUT2D eigenvalue weighted by Crippen LogP contribution is -2.64. The van der Waals surface area contributed by atoms with Gasteiger partial charge in [0.1, 0.15) is 24.7 Å². The van der Waals surface area contributed by atoms with Crippen LogP contribution in [0, 0.1) is 24.7 Å². The van der Waals surface area contributed by atoms with Gasteiger partial charge in [-0.15, -0.1) is 6.58 Å². The minimum atomic E-state index is -1.02. The summed E-state index contributed by atoms with van der Waals surface area (Å²) in [6.45, 7) is 9.44. The van der Waals surface area contributed by atoms with Crippen molar-refractivity contribution in [3.8, 4) is 11.5 Å². The number of hydrogen-bond acceptors (Lipinski definition) is 11. The third-order valence-electron chi connectivity index (χ3n) is 10.6. The van der Waals surface area contributed by atoms with Gasteiger partial charge in [0.25, 0.3) is 0 Å². The van der Waals surface area contributed by atoms with Crippen LogP contribution in [-0.4, -0.2) is 74.1 Å². The van der Waals surface area contributed by atoms with E-state index in [4.69, 9.17) is 24.2 Å². The molecule has 0 bridgehead atoms. The highest BCUT2D eigenvalue weighted by molar-refractivity contribution is 8.00. The largest absolute Gasteiger partial charge is 0.487 e. The van der Waals surface area contributed by atoms with E-state index in [9.17, 15) is 10.2 Å². The number of aryl methyl sites for hydroxylation is 2. The summed E-state index contributed by atoms with van der Waals surface area (Å²) in [5, 5.41) is 24.3. The number of hydrogen-bond donors (Lipinski definition) is 2. The second-order valence-electron chi connectivity index (χ2n) is 14.0. The van der Waals surface area contributed by atoms with Gasteiger partial charge in [-0.05, 0) is 93.0 Å². The molecule has 6 atom stereocenters. The predicted molar refractivity (Wildman–Crippen MR) is 208 cm³/mol. The van der Waals surface area contributed by atoms with Crippen LogP contribution in [0.5, 0.6) is 11.5 Å². The van der Waals surface area contributed by atoms with Crippen LogP contribution in [0.4, 0.5) is 0 Å². The molecule has 11 heteroatoms. The summed E-state index contributed by atoms with van der Waals surface area (Å²) in [4.78, 5) is 19.3. The van der Waals surface area contributed by atoms with Gasteiger partial charge in [-0.25, -0.2) is 0 Å². The summed E-state index contributed by atoms with van der Waals surface area (Å²) < 4.78 is 20.7. The first-order valence-corrected chi connectivity index (χ1v) is 20.2. The first-order chi connectivity index (χ1) is 26.0. The van der Waals surface area contributed by atoms with Crippen molar-refractivity contribution in [1.82, 2.24) is 15.0 Å². The van der Waals surface area contributed by atoms with E-state index in [1.165, 1.54) is 0 Å². The van der Waals surface area contributed by atoms with E-state index in [0.29, 0.717) is 26.2 Å². The molecular formula is C42H54N4O6S. The van der Waals surface area contributed by atoms with Gasteiger partial charge in [0, 0.05) is 61.8 Å². The van der Waals surface area contributed by atoms with Gasteiger partial charge in [0.05, 0.1) is 34.9 Å². The van der Waals surface area contributed by atoms with Crippen molar-refractivity contribution in [2.45, 2.75) is 88.8 Å². The summed E-state index contributed by atoms with van der Waals surface area (Å²) in [5.41, 5.74) is 5.90. The van der Waals surface area contributed by atoms with E-state index in [-0.39, 0.29) is 42.1 Å². The number of oxime groups is 1. The lowest BCUT2D eigenvalue weighted by molar-refractivity contribution is -0.223. The second-order valence-corrected chi connectivity index (χ2v) is 15.4. The minimum absolute atomic E-state index is 0.00255. The van der Waals surface area contributed by atoms with Crippen molar-refractivity contribution in [3.63, 3.8) is 0 Å².